The summed E-state index contributed by atoms with van der Waals surface area (Å²) in [6.07, 6.45) is -0.0411. The third kappa shape index (κ3) is 3.26. The maximum Gasteiger partial charge on any atom is 0.121 e. The minimum atomic E-state index is -0.561. The van der Waals surface area contributed by atoms with E-state index in [1.54, 1.807) is 19.2 Å². The first-order valence-corrected chi connectivity index (χ1v) is 6.20. The lowest BCUT2D eigenvalue weighted by molar-refractivity contribution is 0.178. The summed E-state index contributed by atoms with van der Waals surface area (Å²) >= 11 is 0. The fourth-order valence-electron chi connectivity index (χ4n) is 2.08. The lowest BCUT2D eigenvalue weighted by Gasteiger charge is -2.13. The molecule has 1 unspecified atom stereocenters. The van der Waals surface area contributed by atoms with E-state index in [4.69, 9.17) is 4.74 Å². The third-order valence-corrected chi connectivity index (χ3v) is 3.17. The molecule has 0 spiro atoms. The third-order valence-electron chi connectivity index (χ3n) is 3.17. The molecule has 0 aliphatic heterocycles. The Morgan fingerprint density at radius 1 is 1.11 bits per heavy atom. The van der Waals surface area contributed by atoms with Crippen LogP contribution in [0.4, 0.5) is 0 Å². The summed E-state index contributed by atoms with van der Waals surface area (Å²) in [5, 5.41) is 19.5. The molecule has 0 saturated carbocycles. The molecular weight excluding hydrogens is 240 g/mol. The molecule has 2 rings (SSSR count). The van der Waals surface area contributed by atoms with Crippen molar-refractivity contribution in [3.8, 4) is 11.5 Å². The van der Waals surface area contributed by atoms with Gasteiger partial charge in [-0.15, -0.1) is 0 Å². The number of aliphatic hydroxyl groups excluding tert-OH is 1. The van der Waals surface area contributed by atoms with Crippen LogP contribution < -0.4 is 4.74 Å². The lowest BCUT2D eigenvalue weighted by atomic mass is 9.99. The van der Waals surface area contributed by atoms with Crippen LogP contribution in [0.5, 0.6) is 11.5 Å². The molecule has 19 heavy (non-hydrogen) atoms. The first kappa shape index (κ1) is 13.4. The van der Waals surface area contributed by atoms with E-state index in [9.17, 15) is 10.2 Å². The Kier molecular flexibility index (Phi) is 4.07. The van der Waals surface area contributed by atoms with Gasteiger partial charge in [0.2, 0.25) is 0 Å². The average Bonchev–Trinajstić information content (AvgIpc) is 2.41. The van der Waals surface area contributed by atoms with Gasteiger partial charge >= 0.3 is 0 Å². The van der Waals surface area contributed by atoms with Crippen molar-refractivity contribution in [3.63, 3.8) is 0 Å². The van der Waals surface area contributed by atoms with Crippen molar-refractivity contribution in [2.45, 2.75) is 19.4 Å². The van der Waals surface area contributed by atoms with Crippen LogP contribution >= 0.6 is 0 Å². The van der Waals surface area contributed by atoms with Gasteiger partial charge in [-0.2, -0.15) is 0 Å². The smallest absolute Gasteiger partial charge is 0.121 e. The summed E-state index contributed by atoms with van der Waals surface area (Å²) in [5.74, 6) is 1.05. The fraction of sp³-hybridized carbons (Fsp3) is 0.250. The van der Waals surface area contributed by atoms with Crippen molar-refractivity contribution in [1.82, 2.24) is 0 Å². The number of rotatable bonds is 4. The van der Waals surface area contributed by atoms with Crippen LogP contribution in [0, 0.1) is 6.92 Å². The second-order valence-electron chi connectivity index (χ2n) is 4.62. The number of phenols is 1. The number of aryl methyl sites for hydroxylation is 1. The summed E-state index contributed by atoms with van der Waals surface area (Å²) in [4.78, 5) is 0. The maximum atomic E-state index is 10.2. The van der Waals surface area contributed by atoms with E-state index in [1.165, 1.54) is 0 Å². The molecule has 0 bridgehead atoms. The Bertz CT molecular complexity index is 546. The molecule has 0 heterocycles. The van der Waals surface area contributed by atoms with E-state index in [2.05, 4.69) is 0 Å². The van der Waals surface area contributed by atoms with Gasteiger partial charge in [-0.05, 0) is 47.9 Å². The standard InChI is InChI=1S/C16H18O3/c1-11-9-13(5-8-16(11)19-2)15(18)10-12-3-6-14(17)7-4-12/h3-9,15,17-18H,10H2,1-2H3. The van der Waals surface area contributed by atoms with Gasteiger partial charge in [-0.1, -0.05) is 18.2 Å². The zero-order valence-electron chi connectivity index (χ0n) is 11.1. The predicted octanol–water partition coefficient (Wildman–Crippen LogP) is 2.99. The van der Waals surface area contributed by atoms with E-state index in [-0.39, 0.29) is 5.75 Å². The van der Waals surface area contributed by atoms with Crippen LogP contribution in [-0.2, 0) is 6.42 Å². The van der Waals surface area contributed by atoms with Crippen LogP contribution in [0.2, 0.25) is 0 Å². The minimum Gasteiger partial charge on any atom is -0.508 e. The van der Waals surface area contributed by atoms with Crippen LogP contribution in [-0.4, -0.2) is 17.3 Å². The molecule has 0 radical (unpaired) electrons. The van der Waals surface area contributed by atoms with E-state index in [0.29, 0.717) is 6.42 Å². The Hall–Kier alpha value is -2.00. The van der Waals surface area contributed by atoms with Crippen LogP contribution in [0.25, 0.3) is 0 Å². The Morgan fingerprint density at radius 2 is 1.79 bits per heavy atom. The minimum absolute atomic E-state index is 0.235. The van der Waals surface area contributed by atoms with Gasteiger partial charge in [0.05, 0.1) is 13.2 Å². The monoisotopic (exact) mass is 258 g/mol. The highest BCUT2D eigenvalue weighted by Crippen LogP contribution is 2.25. The van der Waals surface area contributed by atoms with Crippen LogP contribution in [0.3, 0.4) is 0 Å². The van der Waals surface area contributed by atoms with Gasteiger partial charge in [-0.25, -0.2) is 0 Å². The van der Waals surface area contributed by atoms with Gasteiger partial charge in [0.25, 0.3) is 0 Å². The molecule has 0 amide bonds. The van der Waals surface area contributed by atoms with Gasteiger partial charge in [-0.3, -0.25) is 0 Å². The number of hydrogen-bond donors (Lipinski definition) is 2. The molecular formula is C16H18O3. The number of aliphatic hydroxyl groups is 1. The Morgan fingerprint density at radius 3 is 2.37 bits per heavy atom. The molecule has 0 aliphatic rings. The van der Waals surface area contributed by atoms with Crippen molar-refractivity contribution in [3.05, 3.63) is 59.2 Å². The van der Waals surface area contributed by atoms with Crippen molar-refractivity contribution in [2.75, 3.05) is 7.11 Å². The predicted molar refractivity (Wildman–Crippen MR) is 74.5 cm³/mol. The highest BCUT2D eigenvalue weighted by Gasteiger charge is 2.10. The van der Waals surface area contributed by atoms with E-state index < -0.39 is 6.10 Å². The lowest BCUT2D eigenvalue weighted by Crippen LogP contribution is -2.02. The molecule has 2 N–H and O–H groups in total. The summed E-state index contributed by atoms with van der Waals surface area (Å²) in [5.41, 5.74) is 2.86. The largest absolute Gasteiger partial charge is 0.508 e. The zero-order chi connectivity index (χ0) is 13.8. The highest BCUT2D eigenvalue weighted by molar-refractivity contribution is 5.37. The van der Waals surface area contributed by atoms with Crippen molar-refractivity contribution in [1.29, 1.82) is 0 Å². The maximum absolute atomic E-state index is 10.2. The average molecular weight is 258 g/mol. The normalized spacial score (nSPS) is 12.2. The number of benzene rings is 2. The number of aromatic hydroxyl groups is 1. The summed E-state index contributed by atoms with van der Waals surface area (Å²) in [6, 6.07) is 12.6. The molecule has 2 aromatic carbocycles. The van der Waals surface area contributed by atoms with Gasteiger partial charge in [0, 0.05) is 6.42 Å². The van der Waals surface area contributed by atoms with Crippen molar-refractivity contribution < 1.29 is 14.9 Å². The van der Waals surface area contributed by atoms with Crippen molar-refractivity contribution >= 4 is 0 Å². The molecule has 100 valence electrons. The topological polar surface area (TPSA) is 49.7 Å². The molecule has 1 atom stereocenters. The first-order valence-electron chi connectivity index (χ1n) is 6.20. The molecule has 3 nitrogen and oxygen atoms in total. The Labute approximate surface area is 113 Å². The second kappa shape index (κ2) is 5.76. The first-order chi connectivity index (χ1) is 9.10. The molecule has 0 aromatic heterocycles. The van der Waals surface area contributed by atoms with Crippen LogP contribution in [0.15, 0.2) is 42.5 Å². The molecule has 0 fully saturated rings. The van der Waals surface area contributed by atoms with E-state index in [0.717, 1.165) is 22.4 Å². The van der Waals surface area contributed by atoms with Crippen molar-refractivity contribution in [2.24, 2.45) is 0 Å². The molecule has 2 aromatic rings. The zero-order valence-corrected chi connectivity index (χ0v) is 11.1. The number of methoxy groups -OCH3 is 1. The summed E-state index contributed by atoms with van der Waals surface area (Å²) in [6.45, 7) is 1.95. The molecule has 3 heteroatoms. The van der Waals surface area contributed by atoms with E-state index >= 15 is 0 Å². The number of ether oxygens (including phenoxy) is 1. The molecule has 0 aliphatic carbocycles. The Balaban J connectivity index is 2.13. The SMILES string of the molecule is COc1ccc(C(O)Cc2ccc(O)cc2)cc1C. The second-order valence-corrected chi connectivity index (χ2v) is 4.62. The van der Waals surface area contributed by atoms with E-state index in [1.807, 2.05) is 37.3 Å². The highest BCUT2D eigenvalue weighted by atomic mass is 16.5. The fourth-order valence-corrected chi connectivity index (χ4v) is 2.08. The quantitative estimate of drug-likeness (QED) is 0.886. The van der Waals surface area contributed by atoms with Gasteiger partial charge < -0.3 is 14.9 Å². The van der Waals surface area contributed by atoms with Crippen LogP contribution in [0.1, 0.15) is 22.8 Å². The summed E-state index contributed by atoms with van der Waals surface area (Å²) in [7, 11) is 1.63. The number of hydrogen-bond acceptors (Lipinski definition) is 3. The number of phenolic OH excluding ortho intramolecular Hbond substituents is 1. The summed E-state index contributed by atoms with van der Waals surface area (Å²) < 4.78 is 5.20. The molecule has 0 saturated heterocycles. The van der Waals surface area contributed by atoms with Gasteiger partial charge in [0.15, 0.2) is 0 Å². The van der Waals surface area contributed by atoms with Gasteiger partial charge in [0.1, 0.15) is 11.5 Å².